The smallest absolute Gasteiger partial charge is 0.254 e. The zero-order chi connectivity index (χ0) is 19.5. The molecule has 0 N–H and O–H groups in total. The fraction of sp³-hybridized carbons (Fsp3) is 0.400. The van der Waals surface area contributed by atoms with Crippen LogP contribution in [0.1, 0.15) is 32.7 Å². The van der Waals surface area contributed by atoms with Crippen molar-refractivity contribution in [3.63, 3.8) is 0 Å². The summed E-state index contributed by atoms with van der Waals surface area (Å²) in [5, 5.41) is 1.98. The second kappa shape index (κ2) is 8.28. The van der Waals surface area contributed by atoms with Gasteiger partial charge in [-0.2, -0.15) is 0 Å². The lowest BCUT2D eigenvalue weighted by Gasteiger charge is -2.23. The van der Waals surface area contributed by atoms with Crippen molar-refractivity contribution in [2.75, 3.05) is 37.8 Å². The number of anilines is 1. The highest BCUT2D eigenvalue weighted by Gasteiger charge is 2.26. The van der Waals surface area contributed by atoms with Crippen molar-refractivity contribution in [3.05, 3.63) is 53.0 Å². The van der Waals surface area contributed by atoms with Gasteiger partial charge in [-0.05, 0) is 25.5 Å². The quantitative estimate of drug-likeness (QED) is 0.793. The fourth-order valence-electron chi connectivity index (χ4n) is 3.47. The number of hydrogen-bond donors (Lipinski definition) is 0. The van der Waals surface area contributed by atoms with Gasteiger partial charge < -0.3 is 4.90 Å². The van der Waals surface area contributed by atoms with Crippen LogP contribution in [0.4, 0.5) is 5.82 Å². The molecule has 0 saturated carbocycles. The molecule has 3 heterocycles. The maximum atomic E-state index is 13.3. The molecule has 1 saturated heterocycles. The zero-order valence-corrected chi connectivity index (χ0v) is 16.9. The Bertz CT molecular complexity index is 876. The monoisotopic (exact) mass is 397 g/mol. The molecular weight excluding hydrogens is 374 g/mol. The maximum absolute atomic E-state index is 13.3. The summed E-state index contributed by atoms with van der Waals surface area (Å²) in [6.45, 7) is 6.63. The van der Waals surface area contributed by atoms with E-state index in [1.807, 2.05) is 54.6 Å². The molecule has 1 aromatic heterocycles. The first-order valence-electron chi connectivity index (χ1n) is 9.36. The Morgan fingerprint density at radius 2 is 2.04 bits per heavy atom. The molecular formula is C20H23N5O2S. The van der Waals surface area contributed by atoms with E-state index in [1.54, 1.807) is 16.8 Å². The van der Waals surface area contributed by atoms with Crippen LogP contribution in [0.3, 0.4) is 0 Å². The normalized spacial score (nSPS) is 19.7. The van der Waals surface area contributed by atoms with E-state index < -0.39 is 0 Å². The largest absolute Gasteiger partial charge is 0.334 e. The molecule has 0 aliphatic carbocycles. The number of hydrogen-bond acceptors (Lipinski definition) is 7. The van der Waals surface area contributed by atoms with Crippen molar-refractivity contribution in [1.29, 1.82) is 0 Å². The van der Waals surface area contributed by atoms with Gasteiger partial charge in [0.1, 0.15) is 5.82 Å². The van der Waals surface area contributed by atoms with Gasteiger partial charge in [0, 0.05) is 30.4 Å². The molecule has 28 heavy (non-hydrogen) atoms. The molecule has 0 radical (unpaired) electrons. The van der Waals surface area contributed by atoms with Crippen LogP contribution in [-0.2, 0) is 4.84 Å². The highest BCUT2D eigenvalue weighted by molar-refractivity contribution is 8.12. The van der Waals surface area contributed by atoms with E-state index in [9.17, 15) is 4.79 Å². The van der Waals surface area contributed by atoms with Crippen LogP contribution in [0, 0.1) is 13.8 Å². The molecule has 0 bridgehead atoms. The average molecular weight is 398 g/mol. The summed E-state index contributed by atoms with van der Waals surface area (Å²) in [4.78, 5) is 34.1. The van der Waals surface area contributed by atoms with Crippen molar-refractivity contribution in [1.82, 2.24) is 14.9 Å². The van der Waals surface area contributed by atoms with Gasteiger partial charge >= 0.3 is 0 Å². The topological polar surface area (TPSA) is 70.9 Å². The van der Waals surface area contributed by atoms with Gasteiger partial charge in [0.25, 0.3) is 5.91 Å². The Kier molecular flexibility index (Phi) is 5.59. The van der Waals surface area contributed by atoms with Crippen molar-refractivity contribution < 1.29 is 9.63 Å². The Labute approximate surface area is 168 Å². The SMILES string of the molecule is Cc1cc(N2CCN(C(=O)c3ccccc3C3CN=CS3)CCO2)nc(C)n1. The lowest BCUT2D eigenvalue weighted by molar-refractivity contribution is 0.0729. The third-order valence-corrected chi connectivity index (χ3v) is 5.79. The minimum atomic E-state index is 0.0450. The first kappa shape index (κ1) is 18.9. The summed E-state index contributed by atoms with van der Waals surface area (Å²) in [6.07, 6.45) is 0. The fourth-order valence-corrected chi connectivity index (χ4v) is 4.31. The summed E-state index contributed by atoms with van der Waals surface area (Å²) in [7, 11) is 0. The number of nitrogens with zero attached hydrogens (tertiary/aromatic N) is 5. The number of aliphatic imine (C=N–C) groups is 1. The first-order chi connectivity index (χ1) is 13.6. The van der Waals surface area contributed by atoms with Crippen LogP contribution in [0.2, 0.25) is 0 Å². The molecule has 1 unspecified atom stereocenters. The number of aryl methyl sites for hydroxylation is 2. The minimum Gasteiger partial charge on any atom is -0.334 e. The van der Waals surface area contributed by atoms with Gasteiger partial charge in [-0.1, -0.05) is 18.2 Å². The van der Waals surface area contributed by atoms with Gasteiger partial charge in [0.05, 0.1) is 30.5 Å². The Morgan fingerprint density at radius 3 is 2.82 bits per heavy atom. The number of hydroxylamine groups is 1. The van der Waals surface area contributed by atoms with E-state index in [0.29, 0.717) is 32.1 Å². The zero-order valence-electron chi connectivity index (χ0n) is 16.0. The lowest BCUT2D eigenvalue weighted by Crippen LogP contribution is -2.36. The molecule has 1 atom stereocenters. The van der Waals surface area contributed by atoms with Crippen molar-refractivity contribution in [3.8, 4) is 0 Å². The van der Waals surface area contributed by atoms with E-state index in [1.165, 1.54) is 0 Å². The third-order valence-electron chi connectivity index (χ3n) is 4.79. The van der Waals surface area contributed by atoms with Gasteiger partial charge in [-0.15, -0.1) is 11.8 Å². The molecule has 0 spiro atoms. The molecule has 146 valence electrons. The number of aromatic nitrogens is 2. The molecule has 1 aromatic carbocycles. The Hall–Kier alpha value is -2.45. The number of carbonyl (C=O) groups excluding carboxylic acids is 1. The van der Waals surface area contributed by atoms with Crippen LogP contribution < -0.4 is 5.06 Å². The second-order valence-corrected chi connectivity index (χ2v) is 7.88. The average Bonchev–Trinajstić information content (AvgIpc) is 3.11. The van der Waals surface area contributed by atoms with E-state index in [-0.39, 0.29) is 11.2 Å². The molecule has 2 aliphatic rings. The minimum absolute atomic E-state index is 0.0450. The van der Waals surface area contributed by atoms with Gasteiger partial charge in [0.2, 0.25) is 0 Å². The predicted molar refractivity (Wildman–Crippen MR) is 111 cm³/mol. The molecule has 7 nitrogen and oxygen atoms in total. The molecule has 2 aliphatic heterocycles. The summed E-state index contributed by atoms with van der Waals surface area (Å²) >= 11 is 1.67. The molecule has 8 heteroatoms. The van der Waals surface area contributed by atoms with Crippen LogP contribution in [0.15, 0.2) is 35.3 Å². The summed E-state index contributed by atoms with van der Waals surface area (Å²) in [5.41, 5.74) is 4.58. The summed E-state index contributed by atoms with van der Waals surface area (Å²) in [5.74, 6) is 1.49. The molecule has 2 aromatic rings. The van der Waals surface area contributed by atoms with Crippen molar-refractivity contribution in [2.24, 2.45) is 4.99 Å². The van der Waals surface area contributed by atoms with Crippen LogP contribution >= 0.6 is 11.8 Å². The third kappa shape index (κ3) is 4.02. The lowest BCUT2D eigenvalue weighted by atomic mass is 10.0. The van der Waals surface area contributed by atoms with Crippen LogP contribution in [0.5, 0.6) is 0 Å². The number of carbonyl (C=O) groups is 1. The van der Waals surface area contributed by atoms with Crippen LogP contribution in [-0.4, -0.2) is 59.1 Å². The highest BCUT2D eigenvalue weighted by Crippen LogP contribution is 2.34. The Balaban J connectivity index is 1.50. The van der Waals surface area contributed by atoms with E-state index in [2.05, 4.69) is 15.0 Å². The first-order valence-corrected chi connectivity index (χ1v) is 10.3. The number of benzene rings is 1. The standard InChI is InChI=1S/C20H23N5O2S/c1-14-11-19(23-15(2)22-14)25-8-7-24(9-10-27-25)20(26)17-6-4-3-5-16(17)18-12-21-13-28-18/h3-6,11,13,18H,7-10,12H2,1-2H3. The summed E-state index contributed by atoms with van der Waals surface area (Å²) < 4.78 is 0. The predicted octanol–water partition coefficient (Wildman–Crippen LogP) is 2.80. The molecule has 1 amide bonds. The molecule has 4 rings (SSSR count). The second-order valence-electron chi connectivity index (χ2n) is 6.82. The van der Waals surface area contributed by atoms with E-state index >= 15 is 0 Å². The number of thioether (sulfide) groups is 1. The highest BCUT2D eigenvalue weighted by atomic mass is 32.2. The van der Waals surface area contributed by atoms with Crippen LogP contribution in [0.25, 0.3) is 0 Å². The van der Waals surface area contributed by atoms with Gasteiger partial charge in [-0.3, -0.25) is 14.6 Å². The molecule has 1 fully saturated rings. The number of amides is 1. The number of rotatable bonds is 3. The van der Waals surface area contributed by atoms with E-state index in [4.69, 9.17) is 4.84 Å². The maximum Gasteiger partial charge on any atom is 0.254 e. The summed E-state index contributed by atoms with van der Waals surface area (Å²) in [6, 6.07) is 9.75. The van der Waals surface area contributed by atoms with E-state index in [0.717, 1.165) is 29.2 Å². The van der Waals surface area contributed by atoms with Gasteiger partial charge in [-0.25, -0.2) is 15.0 Å². The van der Waals surface area contributed by atoms with Crippen molar-refractivity contribution in [2.45, 2.75) is 19.1 Å². The van der Waals surface area contributed by atoms with Crippen molar-refractivity contribution >= 4 is 29.0 Å². The van der Waals surface area contributed by atoms with Gasteiger partial charge in [0.15, 0.2) is 5.82 Å². The Morgan fingerprint density at radius 1 is 1.18 bits per heavy atom.